The third-order valence-corrected chi connectivity index (χ3v) is 5.79. The average molecular weight is 369 g/mol. The van der Waals surface area contributed by atoms with Gasteiger partial charge in [-0.1, -0.05) is 48.6 Å². The predicted octanol–water partition coefficient (Wildman–Crippen LogP) is 6.31. The third-order valence-electron chi connectivity index (χ3n) is 5.79. The molecule has 0 saturated carbocycles. The monoisotopic (exact) mass is 369 g/mol. The van der Waals surface area contributed by atoms with Crippen molar-refractivity contribution in [2.75, 3.05) is 12.4 Å². The van der Waals surface area contributed by atoms with E-state index in [0.29, 0.717) is 11.8 Å². The van der Waals surface area contributed by atoms with Gasteiger partial charge in [-0.15, -0.1) is 0 Å². The van der Waals surface area contributed by atoms with Crippen molar-refractivity contribution in [1.29, 1.82) is 0 Å². The molecule has 3 atom stereocenters. The summed E-state index contributed by atoms with van der Waals surface area (Å²) in [5, 5.41) is 3.77. The molecule has 0 spiro atoms. The Balaban J connectivity index is 1.50. The lowest BCUT2D eigenvalue weighted by Gasteiger charge is -2.38. The van der Waals surface area contributed by atoms with Crippen LogP contribution in [0.3, 0.4) is 0 Å². The summed E-state index contributed by atoms with van der Waals surface area (Å²) in [5.74, 6) is 3.53. The van der Waals surface area contributed by atoms with Crippen LogP contribution in [0.1, 0.15) is 29.5 Å². The number of allylic oxidation sites excluding steroid dienone is 2. The molecular weight excluding hydrogens is 346 g/mol. The van der Waals surface area contributed by atoms with Crippen LogP contribution < -0.4 is 14.8 Å². The second-order valence-corrected chi connectivity index (χ2v) is 7.38. The van der Waals surface area contributed by atoms with Gasteiger partial charge < -0.3 is 14.8 Å². The average Bonchev–Trinajstić information content (AvgIpc) is 3.24. The third kappa shape index (κ3) is 2.93. The van der Waals surface area contributed by atoms with E-state index in [1.807, 2.05) is 48.5 Å². The summed E-state index contributed by atoms with van der Waals surface area (Å²) in [7, 11) is 1.74. The maximum absolute atomic E-state index is 6.07. The molecular formula is C25H23NO2. The van der Waals surface area contributed by atoms with Crippen LogP contribution in [-0.2, 0) is 0 Å². The summed E-state index contributed by atoms with van der Waals surface area (Å²) in [6.45, 7) is 0. The van der Waals surface area contributed by atoms with Crippen molar-refractivity contribution in [2.45, 2.75) is 18.4 Å². The Bertz CT molecular complexity index is 1010. The van der Waals surface area contributed by atoms with Crippen molar-refractivity contribution in [3.8, 4) is 17.2 Å². The van der Waals surface area contributed by atoms with Crippen molar-refractivity contribution >= 4 is 5.69 Å². The molecule has 28 heavy (non-hydrogen) atoms. The fraction of sp³-hybridized carbons (Fsp3) is 0.200. The maximum Gasteiger partial charge on any atom is 0.127 e. The molecule has 0 fully saturated rings. The van der Waals surface area contributed by atoms with Crippen LogP contribution in [0.5, 0.6) is 17.2 Å². The van der Waals surface area contributed by atoms with Gasteiger partial charge in [0.05, 0.1) is 13.2 Å². The summed E-state index contributed by atoms with van der Waals surface area (Å²) in [6, 6.07) is 24.8. The number of benzene rings is 3. The molecule has 3 aromatic carbocycles. The summed E-state index contributed by atoms with van der Waals surface area (Å²) in [4.78, 5) is 0. The first-order valence-electron chi connectivity index (χ1n) is 9.76. The maximum atomic E-state index is 6.07. The van der Waals surface area contributed by atoms with E-state index in [2.05, 4.69) is 41.7 Å². The first-order chi connectivity index (χ1) is 13.8. The molecule has 3 aromatic rings. The van der Waals surface area contributed by atoms with E-state index in [1.165, 1.54) is 16.8 Å². The standard InChI is InChI=1S/C25H23NO2/c1-27-24-13-6-5-10-21(24)25-20-12-7-11-19(20)22-16-18(14-15-23(22)26-25)28-17-8-3-2-4-9-17/h2-11,13-16,19-20,25-26H,12H2,1H3. The van der Waals surface area contributed by atoms with Gasteiger partial charge in [0.2, 0.25) is 0 Å². The van der Waals surface area contributed by atoms with E-state index in [-0.39, 0.29) is 6.04 Å². The highest BCUT2D eigenvalue weighted by molar-refractivity contribution is 5.62. The van der Waals surface area contributed by atoms with Gasteiger partial charge in [0.1, 0.15) is 17.2 Å². The van der Waals surface area contributed by atoms with Crippen molar-refractivity contribution in [2.24, 2.45) is 5.92 Å². The number of fused-ring (bicyclic) bond motifs is 3. The van der Waals surface area contributed by atoms with E-state index in [4.69, 9.17) is 9.47 Å². The highest BCUT2D eigenvalue weighted by Crippen LogP contribution is 2.51. The molecule has 1 aliphatic heterocycles. The van der Waals surface area contributed by atoms with Crippen LogP contribution in [0.4, 0.5) is 5.69 Å². The Morgan fingerprint density at radius 3 is 2.54 bits per heavy atom. The van der Waals surface area contributed by atoms with Gasteiger partial charge in [-0.05, 0) is 54.3 Å². The van der Waals surface area contributed by atoms with Crippen molar-refractivity contribution in [3.05, 3.63) is 96.1 Å². The van der Waals surface area contributed by atoms with Gasteiger partial charge >= 0.3 is 0 Å². The fourth-order valence-electron chi connectivity index (χ4n) is 4.49. The Labute approximate surface area is 165 Å². The number of hydrogen-bond donors (Lipinski definition) is 1. The number of anilines is 1. The highest BCUT2D eigenvalue weighted by atomic mass is 16.5. The van der Waals surface area contributed by atoms with Gasteiger partial charge in [-0.2, -0.15) is 0 Å². The van der Waals surface area contributed by atoms with Gasteiger partial charge in [0.15, 0.2) is 0 Å². The molecule has 0 radical (unpaired) electrons. The molecule has 3 unspecified atom stereocenters. The molecule has 0 aromatic heterocycles. The molecule has 140 valence electrons. The van der Waals surface area contributed by atoms with E-state index in [0.717, 1.165) is 23.7 Å². The summed E-state index contributed by atoms with van der Waals surface area (Å²) >= 11 is 0. The normalized spacial score (nSPS) is 22.1. The minimum atomic E-state index is 0.226. The van der Waals surface area contributed by atoms with Crippen LogP contribution in [-0.4, -0.2) is 7.11 Å². The van der Waals surface area contributed by atoms with Crippen LogP contribution in [0, 0.1) is 5.92 Å². The van der Waals surface area contributed by atoms with Gasteiger partial charge in [-0.3, -0.25) is 0 Å². The quantitative estimate of drug-likeness (QED) is 0.546. The van der Waals surface area contributed by atoms with Gasteiger partial charge in [0.25, 0.3) is 0 Å². The van der Waals surface area contributed by atoms with E-state index in [1.54, 1.807) is 7.11 Å². The van der Waals surface area contributed by atoms with E-state index < -0.39 is 0 Å². The molecule has 5 rings (SSSR count). The van der Waals surface area contributed by atoms with Crippen LogP contribution in [0.25, 0.3) is 0 Å². The van der Waals surface area contributed by atoms with Crippen molar-refractivity contribution < 1.29 is 9.47 Å². The van der Waals surface area contributed by atoms with Crippen molar-refractivity contribution in [1.82, 2.24) is 0 Å². The number of ether oxygens (including phenoxy) is 2. The van der Waals surface area contributed by atoms with Crippen LogP contribution in [0.2, 0.25) is 0 Å². The van der Waals surface area contributed by atoms with E-state index in [9.17, 15) is 0 Å². The predicted molar refractivity (Wildman–Crippen MR) is 112 cm³/mol. The second-order valence-electron chi connectivity index (χ2n) is 7.38. The smallest absolute Gasteiger partial charge is 0.127 e. The lowest BCUT2D eigenvalue weighted by Crippen LogP contribution is -2.29. The minimum absolute atomic E-state index is 0.226. The summed E-state index contributed by atoms with van der Waals surface area (Å²) < 4.78 is 11.7. The highest BCUT2D eigenvalue weighted by Gasteiger charge is 2.39. The number of para-hydroxylation sites is 2. The zero-order chi connectivity index (χ0) is 18.9. The SMILES string of the molecule is COc1ccccc1C1Nc2ccc(Oc3ccccc3)cc2C2C=CCC21. The molecule has 0 saturated heterocycles. The van der Waals surface area contributed by atoms with E-state index >= 15 is 0 Å². The molecule has 3 heteroatoms. The topological polar surface area (TPSA) is 30.5 Å². The van der Waals surface area contributed by atoms with Crippen molar-refractivity contribution in [3.63, 3.8) is 0 Å². The molecule has 0 bridgehead atoms. The van der Waals surface area contributed by atoms with Crippen LogP contribution in [0.15, 0.2) is 84.9 Å². The number of nitrogens with one attached hydrogen (secondary N) is 1. The minimum Gasteiger partial charge on any atom is -0.496 e. The first-order valence-corrected chi connectivity index (χ1v) is 9.76. The summed E-state index contributed by atoms with van der Waals surface area (Å²) in [6.07, 6.45) is 5.71. The number of hydrogen-bond acceptors (Lipinski definition) is 3. The number of methoxy groups -OCH3 is 1. The number of rotatable bonds is 4. The Morgan fingerprint density at radius 1 is 0.857 bits per heavy atom. The second kappa shape index (κ2) is 7.08. The molecule has 0 amide bonds. The zero-order valence-electron chi connectivity index (χ0n) is 15.8. The lowest BCUT2D eigenvalue weighted by atomic mass is 9.77. The molecule has 1 heterocycles. The fourth-order valence-corrected chi connectivity index (χ4v) is 4.49. The lowest BCUT2D eigenvalue weighted by molar-refractivity contribution is 0.380. The van der Waals surface area contributed by atoms with Crippen LogP contribution >= 0.6 is 0 Å². The summed E-state index contributed by atoms with van der Waals surface area (Å²) in [5.41, 5.74) is 3.70. The molecule has 2 aliphatic rings. The Kier molecular flexibility index (Phi) is 4.28. The molecule has 3 nitrogen and oxygen atoms in total. The van der Waals surface area contributed by atoms with Gasteiger partial charge in [-0.25, -0.2) is 0 Å². The molecule has 1 N–H and O–H groups in total. The molecule has 1 aliphatic carbocycles. The Morgan fingerprint density at radius 2 is 1.68 bits per heavy atom. The first kappa shape index (κ1) is 16.9. The zero-order valence-corrected chi connectivity index (χ0v) is 15.8. The van der Waals surface area contributed by atoms with Gasteiger partial charge in [0, 0.05) is 17.2 Å². The largest absolute Gasteiger partial charge is 0.496 e. The Hall–Kier alpha value is -3.20.